The number of phenolic OH excluding ortho intramolecular Hbond substituents is 1. The molecule has 0 aromatic heterocycles. The van der Waals surface area contributed by atoms with Crippen molar-refractivity contribution in [1.29, 1.82) is 0 Å². The molecule has 1 saturated heterocycles. The Balaban J connectivity index is 1.53. The molecule has 3 aromatic carbocycles. The number of nitrogens with one attached hydrogen (secondary N) is 1. The lowest BCUT2D eigenvalue weighted by Gasteiger charge is -2.24. The summed E-state index contributed by atoms with van der Waals surface area (Å²) in [5.41, 5.74) is 1.36. The van der Waals surface area contributed by atoms with Crippen molar-refractivity contribution in [1.82, 2.24) is 4.90 Å². The zero-order valence-electron chi connectivity index (χ0n) is 16.9. The standard InChI is InChI=1S/C24H21N3O2S2/c1-3-14-27-22(29)21(23-26(2)17-10-6-7-11-19(17)30-23)31-24(27)25-20-16-9-5-4-8-15(16)12-13-18(20)28/h3-13,24-25,28H,1,14H2,2H3. The lowest BCUT2D eigenvalue weighted by molar-refractivity contribution is -0.125. The van der Waals surface area contributed by atoms with Crippen molar-refractivity contribution in [2.45, 2.75) is 10.4 Å². The minimum absolute atomic E-state index is 0.0377. The van der Waals surface area contributed by atoms with Crippen molar-refractivity contribution < 1.29 is 9.90 Å². The van der Waals surface area contributed by atoms with Gasteiger partial charge in [0.1, 0.15) is 10.7 Å². The van der Waals surface area contributed by atoms with E-state index in [1.165, 1.54) is 11.8 Å². The first kappa shape index (κ1) is 19.9. The number of amides is 1. The highest BCUT2D eigenvalue weighted by Gasteiger charge is 2.40. The molecule has 5 rings (SSSR count). The first-order valence-corrected chi connectivity index (χ1v) is 11.6. The number of aromatic hydroxyl groups is 1. The van der Waals surface area contributed by atoms with Crippen molar-refractivity contribution in [3.05, 3.63) is 83.3 Å². The number of nitrogens with zero attached hydrogens (tertiary/aromatic N) is 2. The summed E-state index contributed by atoms with van der Waals surface area (Å²) in [4.78, 5) is 19.0. The SMILES string of the molecule is C=CCN1C(=O)C(=C2Sc3ccccc3N2C)SC1Nc1c(O)ccc2ccccc12. The van der Waals surface area contributed by atoms with Crippen molar-refractivity contribution in [3.8, 4) is 5.75 Å². The van der Waals surface area contributed by atoms with E-state index in [0.717, 1.165) is 26.4 Å². The summed E-state index contributed by atoms with van der Waals surface area (Å²) in [6, 6.07) is 19.6. The highest BCUT2D eigenvalue weighted by molar-refractivity contribution is 8.08. The van der Waals surface area contributed by atoms with Crippen LogP contribution in [0.25, 0.3) is 10.8 Å². The number of para-hydroxylation sites is 1. The maximum absolute atomic E-state index is 13.4. The lowest BCUT2D eigenvalue weighted by atomic mass is 10.1. The van der Waals surface area contributed by atoms with Crippen molar-refractivity contribution in [3.63, 3.8) is 0 Å². The summed E-state index contributed by atoms with van der Waals surface area (Å²) < 4.78 is 0. The Labute approximate surface area is 189 Å². The minimum Gasteiger partial charge on any atom is -0.506 e. The third-order valence-electron chi connectivity index (χ3n) is 5.40. The normalized spacial score (nSPS) is 20.4. The van der Waals surface area contributed by atoms with Crippen molar-refractivity contribution in [2.24, 2.45) is 0 Å². The molecule has 2 heterocycles. The number of carbonyl (C=O) groups excluding carboxylic acids is 1. The number of anilines is 2. The van der Waals surface area contributed by atoms with Crippen LogP contribution < -0.4 is 10.2 Å². The number of thioether (sulfide) groups is 2. The Hall–Kier alpha value is -3.03. The fourth-order valence-corrected chi connectivity index (χ4v) is 6.38. The molecule has 1 fully saturated rings. The Bertz CT molecular complexity index is 1240. The van der Waals surface area contributed by atoms with Gasteiger partial charge in [-0.3, -0.25) is 4.79 Å². The lowest BCUT2D eigenvalue weighted by Crippen LogP contribution is -2.37. The van der Waals surface area contributed by atoms with E-state index in [4.69, 9.17) is 0 Å². The zero-order valence-corrected chi connectivity index (χ0v) is 18.5. The number of phenols is 1. The molecule has 0 aliphatic carbocycles. The smallest absolute Gasteiger partial charge is 0.265 e. The zero-order chi connectivity index (χ0) is 21.5. The second-order valence-corrected chi connectivity index (χ2v) is 9.43. The quantitative estimate of drug-likeness (QED) is 0.317. The van der Waals surface area contributed by atoms with Crippen LogP contribution in [-0.4, -0.2) is 35.0 Å². The van der Waals surface area contributed by atoms with E-state index < -0.39 is 0 Å². The van der Waals surface area contributed by atoms with Crippen LogP contribution in [0.5, 0.6) is 5.75 Å². The van der Waals surface area contributed by atoms with Gasteiger partial charge in [0.15, 0.2) is 5.50 Å². The maximum Gasteiger partial charge on any atom is 0.265 e. The van der Waals surface area contributed by atoms with E-state index in [1.807, 2.05) is 49.5 Å². The Morgan fingerprint density at radius 1 is 1.13 bits per heavy atom. The first-order valence-electron chi connectivity index (χ1n) is 9.89. The molecule has 2 N–H and O–H groups in total. The van der Waals surface area contributed by atoms with Crippen LogP contribution in [-0.2, 0) is 4.79 Å². The molecule has 0 bridgehead atoms. The number of hydrogen-bond donors (Lipinski definition) is 2. The van der Waals surface area contributed by atoms with E-state index in [1.54, 1.807) is 28.8 Å². The number of carbonyl (C=O) groups is 1. The van der Waals surface area contributed by atoms with Gasteiger partial charge in [-0.05, 0) is 23.6 Å². The Morgan fingerprint density at radius 3 is 2.71 bits per heavy atom. The highest BCUT2D eigenvalue weighted by atomic mass is 32.2. The van der Waals surface area contributed by atoms with Gasteiger partial charge in [0, 0.05) is 23.9 Å². The Morgan fingerprint density at radius 2 is 1.90 bits per heavy atom. The Kier molecular flexibility index (Phi) is 5.08. The molecule has 156 valence electrons. The predicted molar refractivity (Wildman–Crippen MR) is 130 cm³/mol. The van der Waals surface area contributed by atoms with Gasteiger partial charge in [0.05, 0.1) is 16.4 Å². The van der Waals surface area contributed by atoms with E-state index >= 15 is 0 Å². The maximum atomic E-state index is 13.4. The molecule has 3 aromatic rings. The molecule has 2 aliphatic heterocycles. The number of benzene rings is 3. The average molecular weight is 448 g/mol. The molecule has 5 nitrogen and oxygen atoms in total. The van der Waals surface area contributed by atoms with Gasteiger partial charge in [-0.25, -0.2) is 0 Å². The molecule has 1 unspecified atom stereocenters. The summed E-state index contributed by atoms with van der Waals surface area (Å²) in [7, 11) is 1.99. The monoisotopic (exact) mass is 447 g/mol. The van der Waals surface area contributed by atoms with E-state index in [9.17, 15) is 9.90 Å². The molecule has 31 heavy (non-hydrogen) atoms. The van der Waals surface area contributed by atoms with Crippen LogP contribution in [0.4, 0.5) is 11.4 Å². The molecule has 2 aliphatic rings. The van der Waals surface area contributed by atoms with E-state index in [0.29, 0.717) is 17.1 Å². The van der Waals surface area contributed by atoms with E-state index in [-0.39, 0.29) is 17.2 Å². The van der Waals surface area contributed by atoms with Crippen molar-refractivity contribution >= 4 is 51.6 Å². The van der Waals surface area contributed by atoms with Gasteiger partial charge in [-0.1, -0.05) is 72.1 Å². The number of hydrogen-bond acceptors (Lipinski definition) is 6. The van der Waals surface area contributed by atoms with Gasteiger partial charge in [0.2, 0.25) is 0 Å². The molecular formula is C24H21N3O2S2. The number of rotatable bonds is 4. The van der Waals surface area contributed by atoms with Gasteiger partial charge in [-0.15, -0.1) is 6.58 Å². The van der Waals surface area contributed by atoms with Crippen molar-refractivity contribution in [2.75, 3.05) is 23.8 Å². The molecule has 7 heteroatoms. The summed E-state index contributed by atoms with van der Waals surface area (Å²) in [5, 5.41) is 16.8. The van der Waals surface area contributed by atoms with Gasteiger partial charge < -0.3 is 20.2 Å². The van der Waals surface area contributed by atoms with Gasteiger partial charge >= 0.3 is 0 Å². The third kappa shape index (κ3) is 3.34. The van der Waals surface area contributed by atoms with E-state index in [2.05, 4.69) is 28.9 Å². The second-order valence-electron chi connectivity index (χ2n) is 7.30. The summed E-state index contributed by atoms with van der Waals surface area (Å²) in [6.45, 7) is 4.24. The third-order valence-corrected chi connectivity index (χ3v) is 7.97. The van der Waals surface area contributed by atoms with Crippen LogP contribution in [0.1, 0.15) is 0 Å². The molecule has 0 spiro atoms. The molecular weight excluding hydrogens is 426 g/mol. The molecule has 1 amide bonds. The minimum atomic E-state index is -0.359. The van der Waals surface area contributed by atoms with Crippen LogP contribution >= 0.6 is 23.5 Å². The summed E-state index contributed by atoms with van der Waals surface area (Å²) in [5.74, 6) is 0.121. The molecule has 1 atom stereocenters. The largest absolute Gasteiger partial charge is 0.506 e. The fourth-order valence-electron chi connectivity index (χ4n) is 3.87. The van der Waals surface area contributed by atoms with Crippen LogP contribution in [0.15, 0.2) is 88.1 Å². The first-order chi connectivity index (χ1) is 15.1. The van der Waals surface area contributed by atoms with Crippen LogP contribution in [0, 0.1) is 0 Å². The summed E-state index contributed by atoms with van der Waals surface area (Å²) >= 11 is 3.09. The average Bonchev–Trinajstić information content (AvgIpc) is 3.28. The predicted octanol–water partition coefficient (Wildman–Crippen LogP) is 5.41. The van der Waals surface area contributed by atoms with Gasteiger partial charge in [-0.2, -0.15) is 0 Å². The van der Waals surface area contributed by atoms with Crippen LogP contribution in [0.2, 0.25) is 0 Å². The summed E-state index contributed by atoms with van der Waals surface area (Å²) in [6.07, 6.45) is 1.73. The second kappa shape index (κ2) is 7.90. The van der Waals surface area contributed by atoms with Crippen LogP contribution in [0.3, 0.4) is 0 Å². The van der Waals surface area contributed by atoms with Gasteiger partial charge in [0.25, 0.3) is 5.91 Å². The topological polar surface area (TPSA) is 55.8 Å². The number of fused-ring (bicyclic) bond motifs is 2. The fraction of sp³-hybridized carbons (Fsp3) is 0.125. The highest BCUT2D eigenvalue weighted by Crippen LogP contribution is 2.51. The molecule has 0 saturated carbocycles. The molecule has 0 radical (unpaired) electrons.